The van der Waals surface area contributed by atoms with Gasteiger partial charge in [-0.05, 0) is 32.8 Å². The molecule has 1 aliphatic carbocycles. The van der Waals surface area contributed by atoms with Gasteiger partial charge >= 0.3 is 12.4 Å². The lowest BCUT2D eigenvalue weighted by Crippen LogP contribution is -2.53. The Morgan fingerprint density at radius 1 is 1.11 bits per heavy atom. The van der Waals surface area contributed by atoms with Crippen LogP contribution in [-0.2, 0) is 18.0 Å². The second-order valence-corrected chi connectivity index (χ2v) is 10.6. The smallest absolute Gasteiger partial charge is 0.436 e. The number of hydrogen-bond donors (Lipinski definition) is 3. The summed E-state index contributed by atoms with van der Waals surface area (Å²) in [5, 5.41) is 24.2. The number of fused-ring (bicyclic) bond motifs is 1. The van der Waals surface area contributed by atoms with Gasteiger partial charge < -0.3 is 29.3 Å². The lowest BCUT2D eigenvalue weighted by molar-refractivity contribution is -0.141. The van der Waals surface area contributed by atoms with Crippen LogP contribution in [-0.4, -0.2) is 49.0 Å². The van der Waals surface area contributed by atoms with Crippen LogP contribution in [0.25, 0.3) is 11.0 Å². The summed E-state index contributed by atoms with van der Waals surface area (Å²) in [6.45, 7) is 3.13. The van der Waals surface area contributed by atoms with Crippen molar-refractivity contribution in [1.82, 2.24) is 19.9 Å². The lowest BCUT2D eigenvalue weighted by atomic mass is 9.77. The summed E-state index contributed by atoms with van der Waals surface area (Å²) in [4.78, 5) is 7.54. The summed E-state index contributed by atoms with van der Waals surface area (Å²) < 4.78 is 93.0. The van der Waals surface area contributed by atoms with E-state index in [1.165, 1.54) is 17.0 Å². The molecule has 1 aromatic carbocycles. The number of ether oxygens (including phenoxy) is 1. The van der Waals surface area contributed by atoms with E-state index in [9.17, 15) is 36.6 Å². The standard InChI is InChI=1S/C24H26F6N4O4/c1-12-5-22(36,20-33-18(10-38-20)24(28,29)30)6-13(32-12)9-37-15-3-16(23(25,26)27)19-17(4-15)31-11-34(19)14-7-21(2,35)8-14/h3-4,10-14,32,35-36H,5-9H2,1-2H3. The van der Waals surface area contributed by atoms with Gasteiger partial charge in [0.1, 0.15) is 24.2 Å². The molecule has 1 aliphatic heterocycles. The fraction of sp³-hybridized carbons (Fsp3) is 0.583. The van der Waals surface area contributed by atoms with Crippen LogP contribution in [0.2, 0.25) is 0 Å². The third-order valence-corrected chi connectivity index (χ3v) is 7.08. The number of oxazole rings is 1. The zero-order chi connectivity index (χ0) is 27.7. The van der Waals surface area contributed by atoms with Crippen LogP contribution in [0.4, 0.5) is 26.3 Å². The molecule has 3 atom stereocenters. The third kappa shape index (κ3) is 5.08. The first-order valence-corrected chi connectivity index (χ1v) is 12.0. The number of hydrogen-bond acceptors (Lipinski definition) is 7. The fourth-order valence-electron chi connectivity index (χ4n) is 5.49. The van der Waals surface area contributed by atoms with Crippen LogP contribution in [0.1, 0.15) is 62.7 Å². The number of nitrogens with zero attached hydrogens (tertiary/aromatic N) is 3. The first-order valence-electron chi connectivity index (χ1n) is 12.0. The van der Waals surface area contributed by atoms with Crippen LogP contribution < -0.4 is 10.1 Å². The maximum atomic E-state index is 14.0. The number of aromatic nitrogens is 3. The van der Waals surface area contributed by atoms with Crippen molar-refractivity contribution in [2.75, 3.05) is 6.61 Å². The molecule has 3 aromatic rings. The number of halogens is 6. The summed E-state index contributed by atoms with van der Waals surface area (Å²) in [6.07, 6.45) is -7.22. The molecule has 1 saturated carbocycles. The van der Waals surface area contributed by atoms with Crippen LogP contribution >= 0.6 is 0 Å². The summed E-state index contributed by atoms with van der Waals surface area (Å²) in [6, 6.07) is 0.915. The maximum absolute atomic E-state index is 14.0. The van der Waals surface area contributed by atoms with Crippen LogP contribution in [0.3, 0.4) is 0 Å². The van der Waals surface area contributed by atoms with E-state index in [2.05, 4.69) is 15.3 Å². The van der Waals surface area contributed by atoms with Gasteiger partial charge in [-0.3, -0.25) is 0 Å². The topological polar surface area (TPSA) is 106 Å². The van der Waals surface area contributed by atoms with Crippen molar-refractivity contribution in [2.24, 2.45) is 0 Å². The van der Waals surface area contributed by atoms with Crippen molar-refractivity contribution >= 4 is 11.0 Å². The second kappa shape index (κ2) is 8.85. The van der Waals surface area contributed by atoms with E-state index in [4.69, 9.17) is 9.15 Å². The van der Waals surface area contributed by atoms with Crippen molar-refractivity contribution in [2.45, 2.75) is 81.2 Å². The van der Waals surface area contributed by atoms with Crippen LogP contribution in [0.15, 0.2) is 29.1 Å². The fourth-order valence-corrected chi connectivity index (χ4v) is 5.49. The van der Waals surface area contributed by atoms with E-state index in [0.29, 0.717) is 19.1 Å². The molecule has 3 N–H and O–H groups in total. The van der Waals surface area contributed by atoms with E-state index in [1.807, 2.05) is 0 Å². The van der Waals surface area contributed by atoms with Crippen LogP contribution in [0.5, 0.6) is 5.75 Å². The van der Waals surface area contributed by atoms with E-state index in [-0.39, 0.29) is 48.3 Å². The highest BCUT2D eigenvalue weighted by Crippen LogP contribution is 2.45. The number of nitrogens with one attached hydrogen (secondary N) is 1. The minimum Gasteiger partial charge on any atom is -0.492 e. The average Bonchev–Trinajstić information content (AvgIpc) is 3.42. The number of benzene rings is 1. The van der Waals surface area contributed by atoms with Gasteiger partial charge in [0.25, 0.3) is 0 Å². The molecule has 8 nitrogen and oxygen atoms in total. The highest BCUT2D eigenvalue weighted by molar-refractivity contribution is 5.82. The minimum atomic E-state index is -4.74. The Labute approximate surface area is 212 Å². The molecule has 2 fully saturated rings. The Balaban J connectivity index is 1.36. The molecule has 5 rings (SSSR count). The molecule has 0 amide bonds. The van der Waals surface area contributed by atoms with Crippen molar-refractivity contribution < 1.29 is 45.7 Å². The van der Waals surface area contributed by atoms with Crippen molar-refractivity contribution in [3.63, 3.8) is 0 Å². The Morgan fingerprint density at radius 3 is 2.42 bits per heavy atom. The molecule has 3 heterocycles. The molecular formula is C24H26F6N4O4. The number of alkyl halides is 6. The van der Waals surface area contributed by atoms with Gasteiger partial charge in [0.2, 0.25) is 5.89 Å². The monoisotopic (exact) mass is 548 g/mol. The normalized spacial score (nSPS) is 30.4. The maximum Gasteiger partial charge on any atom is 0.436 e. The highest BCUT2D eigenvalue weighted by atomic mass is 19.4. The van der Waals surface area contributed by atoms with E-state index in [1.54, 1.807) is 13.8 Å². The number of rotatable bonds is 5. The van der Waals surface area contributed by atoms with Crippen molar-refractivity contribution in [3.05, 3.63) is 41.9 Å². The number of imidazole rings is 1. The molecule has 3 unspecified atom stereocenters. The molecule has 0 bridgehead atoms. The van der Waals surface area contributed by atoms with Gasteiger partial charge in [-0.25, -0.2) is 9.97 Å². The molecule has 38 heavy (non-hydrogen) atoms. The number of aliphatic hydroxyl groups is 2. The molecule has 2 aromatic heterocycles. The molecule has 0 radical (unpaired) electrons. The zero-order valence-electron chi connectivity index (χ0n) is 20.4. The van der Waals surface area contributed by atoms with Gasteiger partial charge in [0.05, 0.1) is 28.5 Å². The average molecular weight is 548 g/mol. The largest absolute Gasteiger partial charge is 0.492 e. The van der Waals surface area contributed by atoms with Gasteiger partial charge in [-0.2, -0.15) is 26.3 Å². The molecular weight excluding hydrogens is 522 g/mol. The molecule has 0 spiro atoms. The van der Waals surface area contributed by atoms with E-state index >= 15 is 0 Å². The summed E-state index contributed by atoms with van der Waals surface area (Å²) in [7, 11) is 0. The van der Waals surface area contributed by atoms with Crippen molar-refractivity contribution in [1.29, 1.82) is 0 Å². The molecule has 208 valence electrons. The van der Waals surface area contributed by atoms with Gasteiger partial charge in [0, 0.05) is 37.0 Å². The first-order chi connectivity index (χ1) is 17.5. The molecule has 1 saturated heterocycles. The number of piperidine rings is 1. The highest BCUT2D eigenvalue weighted by Gasteiger charge is 2.45. The Morgan fingerprint density at radius 2 is 1.82 bits per heavy atom. The predicted octanol–water partition coefficient (Wildman–Crippen LogP) is 4.55. The van der Waals surface area contributed by atoms with Gasteiger partial charge in [-0.1, -0.05) is 0 Å². The van der Waals surface area contributed by atoms with Gasteiger partial charge in [0.15, 0.2) is 5.69 Å². The summed E-state index contributed by atoms with van der Waals surface area (Å²) >= 11 is 0. The van der Waals surface area contributed by atoms with E-state index < -0.39 is 46.7 Å². The SMILES string of the molecule is CC1CC(O)(c2nc(C(F)(F)F)co2)CC(COc2cc(C(F)(F)F)c3c(c2)ncn3C2CC(C)(O)C2)N1. The van der Waals surface area contributed by atoms with Crippen molar-refractivity contribution in [3.8, 4) is 5.75 Å². The third-order valence-electron chi connectivity index (χ3n) is 7.08. The lowest BCUT2D eigenvalue weighted by Gasteiger charge is -2.41. The Bertz CT molecular complexity index is 1330. The van der Waals surface area contributed by atoms with Gasteiger partial charge in [-0.15, -0.1) is 0 Å². The molecule has 14 heteroatoms. The first kappa shape index (κ1) is 26.8. The summed E-state index contributed by atoms with van der Waals surface area (Å²) in [5.41, 5.74) is -5.00. The molecule has 2 aliphatic rings. The quantitative estimate of drug-likeness (QED) is 0.402. The van der Waals surface area contributed by atoms with E-state index in [0.717, 1.165) is 6.07 Å². The summed E-state index contributed by atoms with van der Waals surface area (Å²) in [5.74, 6) is -0.584. The minimum absolute atomic E-state index is 0.0109. The predicted molar refractivity (Wildman–Crippen MR) is 120 cm³/mol. The Hall–Kier alpha value is -2.84. The zero-order valence-corrected chi connectivity index (χ0v) is 20.4. The second-order valence-electron chi connectivity index (χ2n) is 10.6. The van der Waals surface area contributed by atoms with Crippen LogP contribution in [0, 0.1) is 0 Å². The Kier molecular flexibility index (Phi) is 6.23.